The smallest absolute Gasteiger partial charge is 0.308 e. The number of nitrogens with one attached hydrogen (secondary N) is 1. The summed E-state index contributed by atoms with van der Waals surface area (Å²) in [5.74, 6) is 0.144. The lowest BCUT2D eigenvalue weighted by atomic mass is 9.72. The Labute approximate surface area is 91.6 Å². The van der Waals surface area contributed by atoms with E-state index in [2.05, 4.69) is 5.32 Å². The number of esters is 1. The molecule has 1 aliphatic carbocycles. The maximum absolute atomic E-state index is 11.4. The summed E-state index contributed by atoms with van der Waals surface area (Å²) in [6.07, 6.45) is 8.23. The van der Waals surface area contributed by atoms with Crippen molar-refractivity contribution in [3.63, 3.8) is 0 Å². The minimum Gasteiger partial charge on any atom is -0.469 e. The Hall–Kier alpha value is -0.570. The van der Waals surface area contributed by atoms with Crippen molar-refractivity contribution < 1.29 is 9.53 Å². The molecule has 0 unspecified atom stereocenters. The lowest BCUT2D eigenvalue weighted by molar-refractivity contribution is -0.147. The molecule has 0 radical (unpaired) electrons. The van der Waals surface area contributed by atoms with Gasteiger partial charge in [0.05, 0.1) is 13.0 Å². The summed E-state index contributed by atoms with van der Waals surface area (Å²) in [5.41, 5.74) is 0.364. The molecule has 0 bridgehead atoms. The van der Waals surface area contributed by atoms with E-state index in [0.29, 0.717) is 5.54 Å². The molecule has 1 spiro atoms. The molecule has 0 aromatic rings. The van der Waals surface area contributed by atoms with Gasteiger partial charge in [-0.05, 0) is 45.1 Å². The van der Waals surface area contributed by atoms with Crippen molar-refractivity contribution >= 4 is 5.97 Å². The van der Waals surface area contributed by atoms with E-state index in [0.717, 1.165) is 32.2 Å². The predicted octanol–water partition coefficient (Wildman–Crippen LogP) is 1.86. The molecular weight excluding hydrogens is 190 g/mol. The van der Waals surface area contributed by atoms with Gasteiger partial charge in [-0.3, -0.25) is 4.79 Å². The lowest BCUT2D eigenvalue weighted by Gasteiger charge is -2.43. The van der Waals surface area contributed by atoms with E-state index >= 15 is 0 Å². The van der Waals surface area contributed by atoms with Gasteiger partial charge in [0.2, 0.25) is 0 Å². The molecule has 0 aromatic heterocycles. The maximum Gasteiger partial charge on any atom is 0.308 e. The second kappa shape index (κ2) is 4.52. The summed E-state index contributed by atoms with van der Waals surface area (Å²) in [6, 6.07) is 0. The van der Waals surface area contributed by atoms with Crippen molar-refractivity contribution in [3.05, 3.63) is 0 Å². The third-order valence-electron chi connectivity index (χ3n) is 4.06. The van der Waals surface area contributed by atoms with Gasteiger partial charge in [0.1, 0.15) is 0 Å². The van der Waals surface area contributed by atoms with Crippen LogP contribution in [0.3, 0.4) is 0 Å². The first kappa shape index (κ1) is 10.9. The fourth-order valence-electron chi connectivity index (χ4n) is 3.03. The number of carbonyl (C=O) groups excluding carboxylic acids is 1. The van der Waals surface area contributed by atoms with Crippen LogP contribution in [0.15, 0.2) is 0 Å². The molecule has 0 amide bonds. The molecule has 1 N–H and O–H groups in total. The van der Waals surface area contributed by atoms with Crippen molar-refractivity contribution in [2.24, 2.45) is 5.92 Å². The number of carbonyl (C=O) groups is 1. The van der Waals surface area contributed by atoms with Crippen LogP contribution < -0.4 is 5.32 Å². The summed E-state index contributed by atoms with van der Waals surface area (Å²) >= 11 is 0. The molecule has 86 valence electrons. The van der Waals surface area contributed by atoms with E-state index in [4.69, 9.17) is 4.74 Å². The van der Waals surface area contributed by atoms with Crippen LogP contribution >= 0.6 is 0 Å². The van der Waals surface area contributed by atoms with Crippen molar-refractivity contribution in [3.8, 4) is 0 Å². The number of methoxy groups -OCH3 is 1. The molecule has 15 heavy (non-hydrogen) atoms. The van der Waals surface area contributed by atoms with Gasteiger partial charge in [-0.15, -0.1) is 0 Å². The Morgan fingerprint density at radius 2 is 2.00 bits per heavy atom. The minimum absolute atomic E-state index is 0.0133. The maximum atomic E-state index is 11.4. The van der Waals surface area contributed by atoms with Gasteiger partial charge in [-0.25, -0.2) is 0 Å². The van der Waals surface area contributed by atoms with Gasteiger partial charge in [0, 0.05) is 5.54 Å². The Morgan fingerprint density at radius 3 is 2.53 bits per heavy atom. The Kier molecular flexibility index (Phi) is 3.29. The summed E-state index contributed by atoms with van der Waals surface area (Å²) in [6.45, 7) is 1.16. The molecule has 0 aromatic carbocycles. The van der Waals surface area contributed by atoms with Crippen LogP contribution in [0.5, 0.6) is 0 Å². The van der Waals surface area contributed by atoms with E-state index in [1.807, 2.05) is 0 Å². The van der Waals surface area contributed by atoms with Crippen LogP contribution in [-0.2, 0) is 9.53 Å². The van der Waals surface area contributed by atoms with E-state index in [9.17, 15) is 4.79 Å². The van der Waals surface area contributed by atoms with Gasteiger partial charge >= 0.3 is 5.97 Å². The molecule has 2 fully saturated rings. The first-order valence-corrected chi connectivity index (χ1v) is 6.09. The highest BCUT2D eigenvalue weighted by atomic mass is 16.5. The summed E-state index contributed by atoms with van der Waals surface area (Å²) in [5, 5.41) is 3.66. The zero-order valence-corrected chi connectivity index (χ0v) is 9.55. The van der Waals surface area contributed by atoms with Gasteiger partial charge < -0.3 is 10.1 Å². The lowest BCUT2D eigenvalue weighted by Crippen LogP contribution is -2.51. The molecule has 2 aliphatic rings. The quantitative estimate of drug-likeness (QED) is 0.673. The molecule has 3 heteroatoms. The number of piperidine rings is 1. The summed E-state index contributed by atoms with van der Waals surface area (Å²) < 4.78 is 4.81. The van der Waals surface area contributed by atoms with Crippen molar-refractivity contribution in [2.45, 2.75) is 50.5 Å². The second-order valence-electron chi connectivity index (χ2n) is 4.96. The van der Waals surface area contributed by atoms with E-state index in [-0.39, 0.29) is 11.9 Å². The van der Waals surface area contributed by atoms with Crippen LogP contribution in [0.4, 0.5) is 0 Å². The molecule has 3 nitrogen and oxygen atoms in total. The van der Waals surface area contributed by atoms with Crippen LogP contribution in [-0.4, -0.2) is 25.2 Å². The highest BCUT2D eigenvalue weighted by Gasteiger charge is 2.38. The van der Waals surface area contributed by atoms with Crippen LogP contribution in [0.25, 0.3) is 0 Å². The number of hydrogen-bond donors (Lipinski definition) is 1. The number of ether oxygens (including phenoxy) is 1. The third kappa shape index (κ3) is 2.33. The van der Waals surface area contributed by atoms with Gasteiger partial charge in [0.25, 0.3) is 0 Å². The topological polar surface area (TPSA) is 38.3 Å². The highest BCUT2D eigenvalue weighted by Crippen LogP contribution is 2.37. The first-order valence-electron chi connectivity index (χ1n) is 6.09. The molecule has 1 heterocycles. The molecule has 0 atom stereocenters. The van der Waals surface area contributed by atoms with Crippen molar-refractivity contribution in [1.82, 2.24) is 5.32 Å². The summed E-state index contributed by atoms with van der Waals surface area (Å²) in [4.78, 5) is 11.4. The average molecular weight is 211 g/mol. The third-order valence-corrected chi connectivity index (χ3v) is 4.06. The normalized spacial score (nSPS) is 36.5. The Balaban J connectivity index is 1.88. The van der Waals surface area contributed by atoms with Gasteiger partial charge in [-0.2, -0.15) is 0 Å². The van der Waals surface area contributed by atoms with Gasteiger partial charge in [-0.1, -0.05) is 6.42 Å². The largest absolute Gasteiger partial charge is 0.469 e. The van der Waals surface area contributed by atoms with Gasteiger partial charge in [0.15, 0.2) is 0 Å². The average Bonchev–Trinajstić information content (AvgIpc) is 2.30. The Morgan fingerprint density at radius 1 is 1.27 bits per heavy atom. The Bertz CT molecular complexity index is 224. The SMILES string of the molecule is COC(=O)C1CCC2(CCCCN2)CC1. The monoisotopic (exact) mass is 211 g/mol. The molecular formula is C12H21NO2. The van der Waals surface area contributed by atoms with E-state index in [1.54, 1.807) is 0 Å². The fourth-order valence-corrected chi connectivity index (χ4v) is 3.03. The second-order valence-corrected chi connectivity index (χ2v) is 4.96. The van der Waals surface area contributed by atoms with Crippen LogP contribution in [0.2, 0.25) is 0 Å². The fraction of sp³-hybridized carbons (Fsp3) is 0.917. The van der Waals surface area contributed by atoms with E-state index in [1.165, 1.54) is 26.4 Å². The summed E-state index contributed by atoms with van der Waals surface area (Å²) in [7, 11) is 1.49. The van der Waals surface area contributed by atoms with Crippen LogP contribution in [0, 0.1) is 5.92 Å². The predicted molar refractivity (Wildman–Crippen MR) is 58.6 cm³/mol. The minimum atomic E-state index is -0.0133. The van der Waals surface area contributed by atoms with Crippen LogP contribution in [0.1, 0.15) is 44.9 Å². The molecule has 1 saturated heterocycles. The standard InChI is InChI=1S/C12H21NO2/c1-15-11(14)10-4-7-12(8-5-10)6-2-3-9-13-12/h10,13H,2-9H2,1H3. The highest BCUT2D eigenvalue weighted by molar-refractivity contribution is 5.72. The zero-order chi connectivity index (χ0) is 10.7. The van der Waals surface area contributed by atoms with E-state index < -0.39 is 0 Å². The van der Waals surface area contributed by atoms with Crippen molar-refractivity contribution in [1.29, 1.82) is 0 Å². The molecule has 1 saturated carbocycles. The number of hydrogen-bond acceptors (Lipinski definition) is 3. The number of rotatable bonds is 1. The molecule has 2 rings (SSSR count). The van der Waals surface area contributed by atoms with Crippen molar-refractivity contribution in [2.75, 3.05) is 13.7 Å². The first-order chi connectivity index (χ1) is 7.26. The molecule has 1 aliphatic heterocycles. The zero-order valence-electron chi connectivity index (χ0n) is 9.55.